The lowest BCUT2D eigenvalue weighted by Gasteiger charge is -2.32. The monoisotopic (exact) mass is 349 g/mol. The van der Waals surface area contributed by atoms with Gasteiger partial charge in [0, 0.05) is 37.4 Å². The van der Waals surface area contributed by atoms with Gasteiger partial charge in [0.2, 0.25) is 11.8 Å². The van der Waals surface area contributed by atoms with E-state index in [0.29, 0.717) is 25.6 Å². The predicted molar refractivity (Wildman–Crippen MR) is 102 cm³/mol. The highest BCUT2D eigenvalue weighted by atomic mass is 16.2. The summed E-state index contributed by atoms with van der Waals surface area (Å²) in [5.74, 6) is 0.425. The summed E-state index contributed by atoms with van der Waals surface area (Å²) in [4.78, 5) is 29.2. The summed E-state index contributed by atoms with van der Waals surface area (Å²) < 4.78 is 2.03. The standard InChI is InChI=1S/C20H35N3O2/c1-8-11-22(19(25)20(4,5)6)15-18(24)23(13-16(2)3)14-17-10-9-12-21(17)7/h9-10,12,16H,8,11,13-15H2,1-7H3. The number of hydrogen-bond acceptors (Lipinski definition) is 2. The number of carbonyl (C=O) groups excluding carboxylic acids is 2. The van der Waals surface area contributed by atoms with E-state index < -0.39 is 5.41 Å². The van der Waals surface area contributed by atoms with Crippen LogP contribution in [-0.2, 0) is 23.2 Å². The summed E-state index contributed by atoms with van der Waals surface area (Å²) in [5, 5.41) is 0. The molecule has 0 bridgehead atoms. The van der Waals surface area contributed by atoms with Crippen LogP contribution in [0.4, 0.5) is 0 Å². The Kier molecular flexibility index (Phi) is 7.71. The molecular weight excluding hydrogens is 314 g/mol. The molecule has 0 fully saturated rings. The molecule has 0 aliphatic carbocycles. The second kappa shape index (κ2) is 9.07. The second-order valence-electron chi connectivity index (χ2n) is 8.26. The Bertz CT molecular complexity index is 570. The maximum absolute atomic E-state index is 13.0. The Hall–Kier alpha value is -1.78. The molecule has 0 saturated heterocycles. The van der Waals surface area contributed by atoms with Gasteiger partial charge in [0.25, 0.3) is 0 Å². The first-order valence-electron chi connectivity index (χ1n) is 9.23. The van der Waals surface area contributed by atoms with E-state index in [-0.39, 0.29) is 18.4 Å². The zero-order chi connectivity index (χ0) is 19.2. The van der Waals surface area contributed by atoms with Crippen molar-refractivity contribution in [2.24, 2.45) is 18.4 Å². The minimum Gasteiger partial charge on any atom is -0.353 e. The minimum absolute atomic E-state index is 0.0148. The van der Waals surface area contributed by atoms with E-state index in [4.69, 9.17) is 0 Å². The van der Waals surface area contributed by atoms with E-state index in [9.17, 15) is 9.59 Å². The van der Waals surface area contributed by atoms with Gasteiger partial charge in [0.1, 0.15) is 0 Å². The molecule has 2 amide bonds. The summed E-state index contributed by atoms with van der Waals surface area (Å²) in [6, 6.07) is 4.02. The van der Waals surface area contributed by atoms with E-state index in [1.165, 1.54) is 0 Å². The third kappa shape index (κ3) is 6.56. The Morgan fingerprint density at radius 2 is 1.84 bits per heavy atom. The molecule has 1 rings (SSSR count). The molecular formula is C20H35N3O2. The third-order valence-electron chi connectivity index (χ3n) is 4.09. The molecule has 0 N–H and O–H groups in total. The molecule has 0 radical (unpaired) electrons. The number of nitrogens with zero attached hydrogens (tertiary/aromatic N) is 3. The van der Waals surface area contributed by atoms with Crippen molar-refractivity contribution in [2.75, 3.05) is 19.6 Å². The highest BCUT2D eigenvalue weighted by Gasteiger charge is 2.29. The van der Waals surface area contributed by atoms with Crippen molar-refractivity contribution in [1.82, 2.24) is 14.4 Å². The number of hydrogen-bond donors (Lipinski definition) is 0. The zero-order valence-electron chi connectivity index (χ0n) is 17.0. The molecule has 1 aromatic heterocycles. The van der Waals surface area contributed by atoms with Crippen LogP contribution in [0.25, 0.3) is 0 Å². The average molecular weight is 350 g/mol. The van der Waals surface area contributed by atoms with Gasteiger partial charge in [0.15, 0.2) is 0 Å². The van der Waals surface area contributed by atoms with Crippen molar-refractivity contribution in [1.29, 1.82) is 0 Å². The lowest BCUT2D eigenvalue weighted by atomic mass is 9.94. The van der Waals surface area contributed by atoms with Crippen molar-refractivity contribution in [3.05, 3.63) is 24.0 Å². The van der Waals surface area contributed by atoms with Crippen LogP contribution in [0.1, 0.15) is 53.7 Å². The van der Waals surface area contributed by atoms with Gasteiger partial charge in [-0.15, -0.1) is 0 Å². The topological polar surface area (TPSA) is 45.6 Å². The molecule has 5 heteroatoms. The van der Waals surface area contributed by atoms with Crippen LogP contribution in [0.2, 0.25) is 0 Å². The maximum atomic E-state index is 13.0. The number of aryl methyl sites for hydroxylation is 1. The third-order valence-corrected chi connectivity index (χ3v) is 4.09. The Morgan fingerprint density at radius 3 is 2.28 bits per heavy atom. The van der Waals surface area contributed by atoms with Crippen LogP contribution in [0.15, 0.2) is 18.3 Å². The van der Waals surface area contributed by atoms with E-state index >= 15 is 0 Å². The maximum Gasteiger partial charge on any atom is 0.242 e. The van der Waals surface area contributed by atoms with E-state index in [1.807, 2.05) is 62.5 Å². The minimum atomic E-state index is -0.476. The quantitative estimate of drug-likeness (QED) is 0.723. The summed E-state index contributed by atoms with van der Waals surface area (Å²) in [5.41, 5.74) is 0.620. The number of amides is 2. The van der Waals surface area contributed by atoms with Gasteiger partial charge in [0.05, 0.1) is 13.1 Å². The van der Waals surface area contributed by atoms with Crippen LogP contribution < -0.4 is 0 Å². The normalized spacial score (nSPS) is 11.7. The van der Waals surface area contributed by atoms with Crippen molar-refractivity contribution >= 4 is 11.8 Å². The van der Waals surface area contributed by atoms with E-state index in [1.54, 1.807) is 4.90 Å². The fraction of sp³-hybridized carbons (Fsp3) is 0.700. The smallest absolute Gasteiger partial charge is 0.242 e. The Labute approximate surface area is 153 Å². The molecule has 0 aliphatic heterocycles. The summed E-state index contributed by atoms with van der Waals surface area (Å²) in [6.45, 7) is 14.0. The SMILES string of the molecule is CCCN(CC(=O)N(Cc1cccn1C)CC(C)C)C(=O)C(C)(C)C. The molecule has 0 aliphatic rings. The van der Waals surface area contributed by atoms with Gasteiger partial charge in [-0.25, -0.2) is 0 Å². The first-order valence-corrected chi connectivity index (χ1v) is 9.23. The van der Waals surface area contributed by atoms with Crippen molar-refractivity contribution in [3.8, 4) is 0 Å². The van der Waals surface area contributed by atoms with Gasteiger partial charge in [-0.2, -0.15) is 0 Å². The molecule has 0 atom stereocenters. The summed E-state index contributed by atoms with van der Waals surface area (Å²) in [7, 11) is 1.99. The lowest BCUT2D eigenvalue weighted by molar-refractivity contribution is -0.146. The molecule has 0 saturated carbocycles. The van der Waals surface area contributed by atoms with Crippen molar-refractivity contribution < 1.29 is 9.59 Å². The number of rotatable bonds is 8. The van der Waals surface area contributed by atoms with E-state index in [2.05, 4.69) is 13.8 Å². The first-order chi connectivity index (χ1) is 11.6. The predicted octanol–water partition coefficient (Wildman–Crippen LogP) is 3.29. The molecule has 0 spiro atoms. The van der Waals surface area contributed by atoms with Crippen molar-refractivity contribution in [3.63, 3.8) is 0 Å². The molecule has 1 heterocycles. The van der Waals surface area contributed by atoms with Gasteiger partial charge in [-0.1, -0.05) is 41.5 Å². The first kappa shape index (κ1) is 21.3. The Balaban J connectivity index is 2.91. The average Bonchev–Trinajstić information content (AvgIpc) is 2.89. The summed E-state index contributed by atoms with van der Waals surface area (Å²) >= 11 is 0. The van der Waals surface area contributed by atoms with Gasteiger partial charge < -0.3 is 14.4 Å². The van der Waals surface area contributed by atoms with E-state index in [0.717, 1.165) is 12.1 Å². The van der Waals surface area contributed by atoms with Crippen LogP contribution in [-0.4, -0.2) is 45.8 Å². The molecule has 25 heavy (non-hydrogen) atoms. The molecule has 5 nitrogen and oxygen atoms in total. The molecule has 142 valence electrons. The summed E-state index contributed by atoms with van der Waals surface area (Å²) in [6.07, 6.45) is 2.83. The van der Waals surface area contributed by atoms with Crippen molar-refractivity contribution in [2.45, 2.75) is 54.5 Å². The van der Waals surface area contributed by atoms with Gasteiger partial charge >= 0.3 is 0 Å². The van der Waals surface area contributed by atoms with Crippen LogP contribution >= 0.6 is 0 Å². The Morgan fingerprint density at radius 1 is 1.20 bits per heavy atom. The highest BCUT2D eigenvalue weighted by molar-refractivity contribution is 5.87. The fourth-order valence-corrected chi connectivity index (χ4v) is 2.81. The van der Waals surface area contributed by atoms with Crippen LogP contribution in [0, 0.1) is 11.3 Å². The fourth-order valence-electron chi connectivity index (χ4n) is 2.81. The second-order valence-corrected chi connectivity index (χ2v) is 8.26. The molecule has 0 unspecified atom stereocenters. The van der Waals surface area contributed by atoms with Gasteiger partial charge in [-0.3, -0.25) is 9.59 Å². The highest BCUT2D eigenvalue weighted by Crippen LogP contribution is 2.18. The van der Waals surface area contributed by atoms with Gasteiger partial charge in [-0.05, 0) is 24.5 Å². The van der Waals surface area contributed by atoms with Crippen LogP contribution in [0.5, 0.6) is 0 Å². The number of aromatic nitrogens is 1. The molecule has 0 aromatic carbocycles. The zero-order valence-corrected chi connectivity index (χ0v) is 17.0. The number of carbonyl (C=O) groups is 2. The molecule has 1 aromatic rings. The lowest BCUT2D eigenvalue weighted by Crippen LogP contribution is -2.47. The van der Waals surface area contributed by atoms with Crippen LogP contribution in [0.3, 0.4) is 0 Å². The largest absolute Gasteiger partial charge is 0.353 e.